The zero-order chi connectivity index (χ0) is 8.91. The van der Waals surface area contributed by atoms with Gasteiger partial charge in [0.2, 0.25) is 10.0 Å². The van der Waals surface area contributed by atoms with Gasteiger partial charge in [0.05, 0.1) is 5.75 Å². The molecule has 0 heterocycles. The van der Waals surface area contributed by atoms with Crippen LogP contribution < -0.4 is 10.5 Å². The first-order valence-electron chi connectivity index (χ1n) is 3.32. The Kier molecular flexibility index (Phi) is 4.32. The van der Waals surface area contributed by atoms with Crippen LogP contribution in [-0.4, -0.2) is 26.8 Å². The second-order valence-electron chi connectivity index (χ2n) is 2.35. The summed E-state index contributed by atoms with van der Waals surface area (Å²) in [5, 5.41) is 7.68. The van der Waals surface area contributed by atoms with Crippen LogP contribution in [-0.2, 0) is 10.0 Å². The van der Waals surface area contributed by atoms with E-state index in [-0.39, 0.29) is 11.8 Å². The van der Waals surface area contributed by atoms with Crippen LogP contribution in [0.25, 0.3) is 0 Å². The van der Waals surface area contributed by atoms with Crippen LogP contribution in [0.1, 0.15) is 6.92 Å². The van der Waals surface area contributed by atoms with Crippen molar-refractivity contribution in [1.29, 1.82) is 0 Å². The zero-order valence-electron chi connectivity index (χ0n) is 6.58. The molecule has 0 saturated carbocycles. The van der Waals surface area contributed by atoms with Crippen LogP contribution >= 0.6 is 0 Å². The van der Waals surface area contributed by atoms with Gasteiger partial charge in [0, 0.05) is 12.6 Å². The highest BCUT2D eigenvalue weighted by Crippen LogP contribution is 1.81. The molecule has 0 aliphatic carbocycles. The number of hydrogen-bond acceptors (Lipinski definition) is 3. The number of primary sulfonamides is 1. The molecule has 4 nitrogen and oxygen atoms in total. The molecule has 0 aromatic rings. The normalized spacial score (nSPS) is 14.4. The molecule has 1 unspecified atom stereocenters. The first-order valence-corrected chi connectivity index (χ1v) is 5.03. The van der Waals surface area contributed by atoms with Gasteiger partial charge in [-0.3, -0.25) is 0 Å². The number of nitrogens with two attached hydrogens (primary N) is 1. The van der Waals surface area contributed by atoms with Crippen molar-refractivity contribution in [2.75, 3.05) is 12.3 Å². The summed E-state index contributed by atoms with van der Waals surface area (Å²) in [5.41, 5.74) is 0. The van der Waals surface area contributed by atoms with Gasteiger partial charge in [0.25, 0.3) is 0 Å². The van der Waals surface area contributed by atoms with Gasteiger partial charge in [-0.15, -0.1) is 6.58 Å². The lowest BCUT2D eigenvalue weighted by molar-refractivity contribution is 0.588. The van der Waals surface area contributed by atoms with Crippen LogP contribution in [0.4, 0.5) is 0 Å². The Hall–Kier alpha value is -0.390. The molecule has 66 valence electrons. The van der Waals surface area contributed by atoms with Gasteiger partial charge >= 0.3 is 0 Å². The quantitative estimate of drug-likeness (QED) is 0.554. The molecule has 0 spiro atoms. The predicted octanol–water partition coefficient (Wildman–Crippen LogP) is -0.561. The van der Waals surface area contributed by atoms with E-state index in [4.69, 9.17) is 5.14 Å². The van der Waals surface area contributed by atoms with Crippen molar-refractivity contribution < 1.29 is 8.42 Å². The van der Waals surface area contributed by atoms with Gasteiger partial charge in [-0.25, -0.2) is 13.6 Å². The maximum atomic E-state index is 10.4. The van der Waals surface area contributed by atoms with Crippen LogP contribution in [0, 0.1) is 0 Å². The maximum absolute atomic E-state index is 10.4. The highest BCUT2D eigenvalue weighted by Gasteiger charge is 2.01. The molecule has 0 bridgehead atoms. The van der Waals surface area contributed by atoms with E-state index in [1.54, 1.807) is 6.08 Å². The predicted molar refractivity (Wildman–Crippen MR) is 45.6 cm³/mol. The Morgan fingerprint density at radius 2 is 2.27 bits per heavy atom. The summed E-state index contributed by atoms with van der Waals surface area (Å²) in [6, 6.07) is 0.122. The van der Waals surface area contributed by atoms with Crippen LogP contribution in [0.5, 0.6) is 0 Å². The molecule has 0 saturated heterocycles. The molecule has 0 fully saturated rings. The molecule has 0 aliphatic heterocycles. The van der Waals surface area contributed by atoms with Crippen LogP contribution in [0.3, 0.4) is 0 Å². The van der Waals surface area contributed by atoms with Crippen molar-refractivity contribution in [3.05, 3.63) is 12.7 Å². The second-order valence-corrected chi connectivity index (χ2v) is 4.08. The van der Waals surface area contributed by atoms with Gasteiger partial charge in [-0.2, -0.15) is 0 Å². The standard InChI is InChI=1S/C6H14N2O2S/c1-3-6(2)8-4-5-11(7,9)10/h3,6,8H,1,4-5H2,2H3,(H2,7,9,10). The molecule has 0 aromatic heterocycles. The summed E-state index contributed by atoms with van der Waals surface area (Å²) in [4.78, 5) is 0. The second kappa shape index (κ2) is 4.48. The van der Waals surface area contributed by atoms with E-state index >= 15 is 0 Å². The molecule has 3 N–H and O–H groups in total. The minimum Gasteiger partial charge on any atom is -0.310 e. The number of nitrogens with one attached hydrogen (secondary N) is 1. The Morgan fingerprint density at radius 1 is 1.73 bits per heavy atom. The van der Waals surface area contributed by atoms with Gasteiger partial charge in [0.1, 0.15) is 0 Å². The van der Waals surface area contributed by atoms with E-state index in [0.717, 1.165) is 0 Å². The highest BCUT2D eigenvalue weighted by molar-refractivity contribution is 7.89. The average molecular weight is 178 g/mol. The van der Waals surface area contributed by atoms with Crippen molar-refractivity contribution >= 4 is 10.0 Å². The maximum Gasteiger partial charge on any atom is 0.210 e. The zero-order valence-corrected chi connectivity index (χ0v) is 7.39. The van der Waals surface area contributed by atoms with E-state index in [1.807, 2.05) is 6.92 Å². The fraction of sp³-hybridized carbons (Fsp3) is 0.667. The number of rotatable bonds is 5. The van der Waals surface area contributed by atoms with Crippen molar-refractivity contribution in [1.82, 2.24) is 5.32 Å². The lowest BCUT2D eigenvalue weighted by atomic mass is 10.3. The molecular weight excluding hydrogens is 164 g/mol. The van der Waals surface area contributed by atoms with Crippen LogP contribution in [0.2, 0.25) is 0 Å². The summed E-state index contributed by atoms with van der Waals surface area (Å²) in [6.07, 6.45) is 1.70. The third-order valence-electron chi connectivity index (χ3n) is 1.21. The third-order valence-corrected chi connectivity index (χ3v) is 1.98. The largest absolute Gasteiger partial charge is 0.310 e. The molecule has 0 aliphatic rings. The SMILES string of the molecule is C=CC(C)NCCS(N)(=O)=O. The van der Waals surface area contributed by atoms with E-state index in [0.29, 0.717) is 6.54 Å². The Labute approximate surface area is 67.5 Å². The Morgan fingerprint density at radius 3 is 2.64 bits per heavy atom. The number of hydrogen-bond donors (Lipinski definition) is 2. The summed E-state index contributed by atoms with van der Waals surface area (Å²) in [6.45, 7) is 5.78. The van der Waals surface area contributed by atoms with Crippen molar-refractivity contribution in [3.8, 4) is 0 Å². The molecule has 0 amide bonds. The Bertz CT molecular complexity index is 211. The van der Waals surface area contributed by atoms with Crippen molar-refractivity contribution in [3.63, 3.8) is 0 Å². The molecular formula is C6H14N2O2S. The fourth-order valence-corrected chi connectivity index (χ4v) is 0.915. The number of sulfonamides is 1. The van der Waals surface area contributed by atoms with Crippen LogP contribution in [0.15, 0.2) is 12.7 Å². The minimum absolute atomic E-state index is 0.0365. The fourth-order valence-electron chi connectivity index (χ4n) is 0.512. The lowest BCUT2D eigenvalue weighted by Crippen LogP contribution is -2.31. The van der Waals surface area contributed by atoms with E-state index in [9.17, 15) is 8.42 Å². The molecule has 0 rings (SSSR count). The first kappa shape index (κ1) is 10.6. The molecule has 0 radical (unpaired) electrons. The van der Waals surface area contributed by atoms with Gasteiger partial charge in [0.15, 0.2) is 0 Å². The smallest absolute Gasteiger partial charge is 0.210 e. The molecule has 11 heavy (non-hydrogen) atoms. The summed E-state index contributed by atoms with van der Waals surface area (Å²) in [5.74, 6) is -0.0365. The highest BCUT2D eigenvalue weighted by atomic mass is 32.2. The van der Waals surface area contributed by atoms with E-state index < -0.39 is 10.0 Å². The van der Waals surface area contributed by atoms with Crippen molar-refractivity contribution in [2.45, 2.75) is 13.0 Å². The molecule has 0 aromatic carbocycles. The minimum atomic E-state index is -3.32. The van der Waals surface area contributed by atoms with Gasteiger partial charge < -0.3 is 5.32 Å². The van der Waals surface area contributed by atoms with Crippen molar-refractivity contribution in [2.24, 2.45) is 5.14 Å². The topological polar surface area (TPSA) is 72.2 Å². The summed E-state index contributed by atoms with van der Waals surface area (Å²) < 4.78 is 20.8. The Balaban J connectivity index is 3.51. The third kappa shape index (κ3) is 7.51. The summed E-state index contributed by atoms with van der Waals surface area (Å²) in [7, 11) is -3.32. The van der Waals surface area contributed by atoms with Gasteiger partial charge in [-0.05, 0) is 6.92 Å². The lowest BCUT2D eigenvalue weighted by Gasteiger charge is -2.06. The first-order chi connectivity index (χ1) is 4.95. The van der Waals surface area contributed by atoms with E-state index in [1.165, 1.54) is 0 Å². The van der Waals surface area contributed by atoms with Gasteiger partial charge in [-0.1, -0.05) is 6.08 Å². The monoisotopic (exact) mass is 178 g/mol. The molecule has 1 atom stereocenters. The van der Waals surface area contributed by atoms with E-state index in [2.05, 4.69) is 11.9 Å². The summed E-state index contributed by atoms with van der Waals surface area (Å²) >= 11 is 0. The average Bonchev–Trinajstić information content (AvgIpc) is 1.85. The molecule has 5 heteroatoms.